The lowest BCUT2D eigenvalue weighted by molar-refractivity contribution is 1.50. The van der Waals surface area contributed by atoms with Crippen molar-refractivity contribution < 1.29 is 0 Å². The lowest BCUT2D eigenvalue weighted by Gasteiger charge is -2.14. The summed E-state index contributed by atoms with van der Waals surface area (Å²) in [7, 11) is 0. The lowest BCUT2D eigenvalue weighted by Crippen LogP contribution is -1.88. The monoisotopic (exact) mass is 486 g/mol. The second-order valence-electron chi connectivity index (χ2n) is 5.82. The second-order valence-corrected chi connectivity index (χ2v) is 5.82. The Morgan fingerprint density at radius 1 is 0.222 bits per heavy atom. The van der Waals surface area contributed by atoms with Gasteiger partial charge < -0.3 is 0 Å². The van der Waals surface area contributed by atoms with Gasteiger partial charge in [0.25, 0.3) is 0 Å². The molecule has 0 heterocycles. The molecule has 0 amide bonds. The molecule has 0 fully saturated rings. The van der Waals surface area contributed by atoms with Crippen LogP contribution >= 0.6 is 0 Å². The minimum Gasteiger partial charge on any atom is -0.0683 e. The number of benzene rings is 4. The van der Waals surface area contributed by atoms with Crippen LogP contribution in [0.15, 0.2) is 109 Å². The van der Waals surface area contributed by atoms with Crippen LogP contribution in [0.25, 0.3) is 33.4 Å². The first-order valence-corrected chi connectivity index (χ1v) is 14.2. The highest BCUT2D eigenvalue weighted by Crippen LogP contribution is 2.37. The van der Waals surface area contributed by atoms with Crippen LogP contribution in [0, 0.1) is 0 Å². The molecule has 0 bridgehead atoms. The first-order chi connectivity index (χ1) is 17.9. The van der Waals surface area contributed by atoms with Gasteiger partial charge in [-0.05, 0) is 33.4 Å². The molecule has 0 saturated carbocycles. The Balaban J connectivity index is -0.000000801. The van der Waals surface area contributed by atoms with E-state index in [1.165, 1.54) is 33.4 Å². The molecule has 0 aliphatic heterocycles. The molecule has 0 unspecified atom stereocenters. The van der Waals surface area contributed by atoms with E-state index in [9.17, 15) is 0 Å². The Kier molecular flexibility index (Phi) is 29.2. The van der Waals surface area contributed by atoms with Crippen LogP contribution in [0.5, 0.6) is 0 Å². The standard InChI is InChI=1S/C24H18.6C2H6/c1-3-11-19(12-4-1)21-15-7-9-17-23(21)24-18-10-8-16-22(24)20-13-5-2-6-14-20;6*1-2/h1-18H;6*1-2H3. The molecule has 198 valence electrons. The molecular formula is C36H54. The van der Waals surface area contributed by atoms with E-state index in [0.29, 0.717) is 0 Å². The maximum Gasteiger partial charge on any atom is -0.00992 e. The van der Waals surface area contributed by atoms with Crippen LogP contribution in [0.4, 0.5) is 0 Å². The Bertz CT molecular complexity index is 857. The fourth-order valence-corrected chi connectivity index (χ4v) is 3.17. The summed E-state index contributed by atoms with van der Waals surface area (Å²) >= 11 is 0. The predicted octanol–water partition coefficient (Wildman–Crippen LogP) is 12.8. The number of hydrogen-bond acceptors (Lipinski definition) is 0. The normalized spacial score (nSPS) is 8.00. The maximum absolute atomic E-state index is 2.21. The molecule has 0 atom stereocenters. The van der Waals surface area contributed by atoms with E-state index in [2.05, 4.69) is 109 Å². The van der Waals surface area contributed by atoms with Gasteiger partial charge in [-0.3, -0.25) is 0 Å². The molecule has 0 saturated heterocycles. The van der Waals surface area contributed by atoms with Crippen LogP contribution in [-0.4, -0.2) is 0 Å². The van der Waals surface area contributed by atoms with Gasteiger partial charge in [0, 0.05) is 0 Å². The van der Waals surface area contributed by atoms with E-state index < -0.39 is 0 Å². The molecule has 0 nitrogen and oxygen atoms in total. The quantitative estimate of drug-likeness (QED) is 0.270. The summed E-state index contributed by atoms with van der Waals surface area (Å²) in [5.74, 6) is 0. The zero-order valence-electron chi connectivity index (χ0n) is 25.4. The molecule has 0 aliphatic rings. The molecule has 4 rings (SSSR count). The fraction of sp³-hybridized carbons (Fsp3) is 0.333. The van der Waals surface area contributed by atoms with E-state index in [1.807, 2.05) is 83.1 Å². The molecular weight excluding hydrogens is 432 g/mol. The Morgan fingerprint density at radius 2 is 0.417 bits per heavy atom. The fourth-order valence-electron chi connectivity index (χ4n) is 3.17. The van der Waals surface area contributed by atoms with E-state index >= 15 is 0 Å². The van der Waals surface area contributed by atoms with Crippen molar-refractivity contribution >= 4 is 0 Å². The zero-order chi connectivity index (χ0) is 28.2. The SMILES string of the molecule is CC.CC.CC.CC.CC.CC.c1ccc(-c2ccccc2-c2ccccc2-c2ccccc2)cc1. The third kappa shape index (κ3) is 12.5. The topological polar surface area (TPSA) is 0 Å². The Morgan fingerprint density at radius 3 is 0.667 bits per heavy atom. The summed E-state index contributed by atoms with van der Waals surface area (Å²) in [4.78, 5) is 0. The first-order valence-electron chi connectivity index (χ1n) is 14.2. The molecule has 0 aromatic heterocycles. The highest BCUT2D eigenvalue weighted by Gasteiger charge is 2.11. The number of rotatable bonds is 3. The molecule has 0 heteroatoms. The van der Waals surface area contributed by atoms with Gasteiger partial charge in [-0.15, -0.1) is 0 Å². The zero-order valence-corrected chi connectivity index (χ0v) is 25.4. The Hall–Kier alpha value is -3.12. The Labute approximate surface area is 225 Å². The summed E-state index contributed by atoms with van der Waals surface area (Å²) in [6.07, 6.45) is 0. The second kappa shape index (κ2) is 28.1. The van der Waals surface area contributed by atoms with Crippen molar-refractivity contribution in [2.24, 2.45) is 0 Å². The minimum atomic E-state index is 1.25. The van der Waals surface area contributed by atoms with Gasteiger partial charge in [0.05, 0.1) is 0 Å². The minimum absolute atomic E-state index is 1.25. The molecule has 36 heavy (non-hydrogen) atoms. The van der Waals surface area contributed by atoms with Crippen LogP contribution in [0.3, 0.4) is 0 Å². The van der Waals surface area contributed by atoms with Crippen molar-refractivity contribution in [3.63, 3.8) is 0 Å². The first kappa shape index (κ1) is 37.4. The molecule has 0 N–H and O–H groups in total. The van der Waals surface area contributed by atoms with E-state index in [1.54, 1.807) is 0 Å². The van der Waals surface area contributed by atoms with Gasteiger partial charge >= 0.3 is 0 Å². The average molecular weight is 487 g/mol. The van der Waals surface area contributed by atoms with Crippen molar-refractivity contribution in [3.05, 3.63) is 109 Å². The summed E-state index contributed by atoms with van der Waals surface area (Å²) in [5.41, 5.74) is 7.56. The van der Waals surface area contributed by atoms with Crippen molar-refractivity contribution in [1.82, 2.24) is 0 Å². The van der Waals surface area contributed by atoms with E-state index in [0.717, 1.165) is 0 Å². The molecule has 0 radical (unpaired) electrons. The molecule has 4 aromatic carbocycles. The van der Waals surface area contributed by atoms with Gasteiger partial charge in [0.2, 0.25) is 0 Å². The predicted molar refractivity (Wildman–Crippen MR) is 171 cm³/mol. The molecule has 0 aliphatic carbocycles. The summed E-state index contributed by atoms with van der Waals surface area (Å²) < 4.78 is 0. The van der Waals surface area contributed by atoms with Crippen LogP contribution < -0.4 is 0 Å². The van der Waals surface area contributed by atoms with Gasteiger partial charge in [-0.2, -0.15) is 0 Å². The van der Waals surface area contributed by atoms with Crippen molar-refractivity contribution in [1.29, 1.82) is 0 Å². The third-order valence-corrected chi connectivity index (χ3v) is 4.31. The average Bonchev–Trinajstić information content (AvgIpc) is 3.04. The maximum atomic E-state index is 2.21. The van der Waals surface area contributed by atoms with Gasteiger partial charge in [0.1, 0.15) is 0 Å². The van der Waals surface area contributed by atoms with Gasteiger partial charge in [-0.25, -0.2) is 0 Å². The molecule has 4 aromatic rings. The van der Waals surface area contributed by atoms with Crippen molar-refractivity contribution in [2.75, 3.05) is 0 Å². The lowest BCUT2D eigenvalue weighted by atomic mass is 9.89. The third-order valence-electron chi connectivity index (χ3n) is 4.31. The highest BCUT2D eigenvalue weighted by molar-refractivity contribution is 5.91. The smallest absolute Gasteiger partial charge is 0.00992 e. The van der Waals surface area contributed by atoms with E-state index in [4.69, 9.17) is 0 Å². The summed E-state index contributed by atoms with van der Waals surface area (Å²) in [6.45, 7) is 24.0. The summed E-state index contributed by atoms with van der Waals surface area (Å²) in [6, 6.07) is 38.4. The molecule has 0 spiro atoms. The van der Waals surface area contributed by atoms with Crippen LogP contribution in [-0.2, 0) is 0 Å². The largest absolute Gasteiger partial charge is 0.0683 e. The number of hydrogen-bond donors (Lipinski definition) is 0. The van der Waals surface area contributed by atoms with E-state index in [-0.39, 0.29) is 0 Å². The van der Waals surface area contributed by atoms with Crippen LogP contribution in [0.1, 0.15) is 83.1 Å². The van der Waals surface area contributed by atoms with Crippen LogP contribution in [0.2, 0.25) is 0 Å². The van der Waals surface area contributed by atoms with Gasteiger partial charge in [-0.1, -0.05) is 192 Å². The van der Waals surface area contributed by atoms with Crippen molar-refractivity contribution in [3.8, 4) is 33.4 Å². The summed E-state index contributed by atoms with van der Waals surface area (Å²) in [5, 5.41) is 0. The highest BCUT2D eigenvalue weighted by atomic mass is 14.1. The van der Waals surface area contributed by atoms with Crippen molar-refractivity contribution in [2.45, 2.75) is 83.1 Å². The van der Waals surface area contributed by atoms with Gasteiger partial charge in [0.15, 0.2) is 0 Å².